The van der Waals surface area contributed by atoms with Crippen LogP contribution in [-0.4, -0.2) is 32.2 Å². The van der Waals surface area contributed by atoms with Crippen molar-refractivity contribution < 1.29 is 4.79 Å². The van der Waals surface area contributed by atoms with E-state index in [2.05, 4.69) is 12.1 Å². The Morgan fingerprint density at radius 1 is 0.970 bits per heavy atom. The van der Waals surface area contributed by atoms with Crippen LogP contribution in [0.25, 0.3) is 16.6 Å². The molecule has 5 nitrogen and oxygen atoms in total. The van der Waals surface area contributed by atoms with Gasteiger partial charge in [0.25, 0.3) is 5.56 Å². The molecule has 1 unspecified atom stereocenters. The summed E-state index contributed by atoms with van der Waals surface area (Å²) in [7, 11) is 0. The molecule has 33 heavy (non-hydrogen) atoms. The predicted octanol–water partition coefficient (Wildman–Crippen LogP) is 4.76. The molecule has 4 aromatic rings. The molecule has 1 aliphatic rings. The molecule has 0 saturated carbocycles. The zero-order valence-corrected chi connectivity index (χ0v) is 19.5. The van der Waals surface area contributed by atoms with Crippen molar-refractivity contribution in [1.82, 2.24) is 14.5 Å². The number of hydrogen-bond acceptors (Lipinski definition) is 4. The summed E-state index contributed by atoms with van der Waals surface area (Å²) in [6.07, 6.45) is 0.863. The molecule has 166 valence electrons. The maximum atomic E-state index is 13.4. The summed E-state index contributed by atoms with van der Waals surface area (Å²) in [4.78, 5) is 33.5. The van der Waals surface area contributed by atoms with E-state index in [1.54, 1.807) is 10.6 Å². The lowest BCUT2D eigenvalue weighted by Gasteiger charge is -2.30. The highest BCUT2D eigenvalue weighted by Crippen LogP contribution is 2.28. The summed E-state index contributed by atoms with van der Waals surface area (Å²) in [5.41, 5.74) is 4.89. The SMILES string of the molecule is Cc1ccc(-n2c(SC(C)C(=O)N3CCc4ccccc4C3)nc3ccccc3c2=O)cc1. The van der Waals surface area contributed by atoms with Gasteiger partial charge in [-0.3, -0.25) is 14.2 Å². The molecule has 5 rings (SSSR count). The molecule has 0 aliphatic carbocycles. The van der Waals surface area contributed by atoms with Crippen LogP contribution in [0.2, 0.25) is 0 Å². The van der Waals surface area contributed by atoms with Gasteiger partial charge in [-0.25, -0.2) is 4.98 Å². The van der Waals surface area contributed by atoms with Gasteiger partial charge in [0.15, 0.2) is 5.16 Å². The number of fused-ring (bicyclic) bond motifs is 2. The Hall–Kier alpha value is -3.38. The van der Waals surface area contributed by atoms with Crippen LogP contribution in [0.4, 0.5) is 0 Å². The second-order valence-electron chi connectivity index (χ2n) is 8.43. The number of aryl methyl sites for hydroxylation is 1. The van der Waals surface area contributed by atoms with Crippen molar-refractivity contribution in [3.05, 3.63) is 99.8 Å². The van der Waals surface area contributed by atoms with Crippen LogP contribution in [0.1, 0.15) is 23.6 Å². The molecule has 1 amide bonds. The topological polar surface area (TPSA) is 55.2 Å². The van der Waals surface area contributed by atoms with Gasteiger partial charge in [0.2, 0.25) is 5.91 Å². The van der Waals surface area contributed by atoms with Crippen LogP contribution in [0.15, 0.2) is 82.7 Å². The number of hydrogen-bond donors (Lipinski definition) is 0. The standard InChI is InChI=1S/C27H25N3O2S/c1-18-11-13-22(14-12-18)30-26(32)23-9-5-6-10-24(23)28-27(30)33-19(2)25(31)29-16-15-20-7-3-4-8-21(20)17-29/h3-14,19H,15-17H2,1-2H3. The van der Waals surface area contributed by atoms with E-state index in [9.17, 15) is 9.59 Å². The quantitative estimate of drug-likeness (QED) is 0.329. The van der Waals surface area contributed by atoms with E-state index in [-0.39, 0.29) is 16.7 Å². The first-order chi connectivity index (χ1) is 16.0. The van der Waals surface area contributed by atoms with Crippen LogP contribution >= 0.6 is 11.8 Å². The van der Waals surface area contributed by atoms with Gasteiger partial charge >= 0.3 is 0 Å². The van der Waals surface area contributed by atoms with Crippen molar-refractivity contribution in [1.29, 1.82) is 0 Å². The number of carbonyl (C=O) groups excluding carboxylic acids is 1. The Bertz CT molecular complexity index is 1390. The number of rotatable bonds is 4. The Balaban J connectivity index is 1.49. The van der Waals surface area contributed by atoms with Gasteiger partial charge in [-0.2, -0.15) is 0 Å². The van der Waals surface area contributed by atoms with Gasteiger partial charge in [-0.1, -0.05) is 65.9 Å². The van der Waals surface area contributed by atoms with Crippen LogP contribution in [0.5, 0.6) is 0 Å². The second kappa shape index (κ2) is 8.87. The van der Waals surface area contributed by atoms with Crippen LogP contribution in [-0.2, 0) is 17.8 Å². The Morgan fingerprint density at radius 3 is 2.45 bits per heavy atom. The first-order valence-electron chi connectivity index (χ1n) is 11.1. The van der Waals surface area contributed by atoms with Crippen molar-refractivity contribution >= 4 is 28.6 Å². The molecule has 0 spiro atoms. The Labute approximate surface area is 197 Å². The van der Waals surface area contributed by atoms with E-state index < -0.39 is 0 Å². The van der Waals surface area contributed by atoms with Crippen molar-refractivity contribution in [3.8, 4) is 5.69 Å². The van der Waals surface area contributed by atoms with Crippen molar-refractivity contribution in [2.24, 2.45) is 0 Å². The van der Waals surface area contributed by atoms with E-state index in [1.807, 2.05) is 73.3 Å². The lowest BCUT2D eigenvalue weighted by molar-refractivity contribution is -0.131. The van der Waals surface area contributed by atoms with Gasteiger partial charge in [0.1, 0.15) is 0 Å². The molecule has 0 radical (unpaired) electrons. The molecule has 1 atom stereocenters. The van der Waals surface area contributed by atoms with Crippen molar-refractivity contribution in [3.63, 3.8) is 0 Å². The summed E-state index contributed by atoms with van der Waals surface area (Å²) >= 11 is 1.34. The molecule has 1 aromatic heterocycles. The summed E-state index contributed by atoms with van der Waals surface area (Å²) in [5, 5.41) is 0.717. The van der Waals surface area contributed by atoms with E-state index >= 15 is 0 Å². The maximum Gasteiger partial charge on any atom is 0.266 e. The first kappa shape index (κ1) is 21.5. The molecule has 0 saturated heterocycles. The normalized spacial score (nSPS) is 14.2. The monoisotopic (exact) mass is 455 g/mol. The van der Waals surface area contributed by atoms with Crippen LogP contribution in [0, 0.1) is 6.92 Å². The smallest absolute Gasteiger partial charge is 0.266 e. The third kappa shape index (κ3) is 4.18. The van der Waals surface area contributed by atoms with E-state index in [0.717, 1.165) is 17.7 Å². The predicted molar refractivity (Wildman–Crippen MR) is 133 cm³/mol. The minimum atomic E-state index is -0.375. The Morgan fingerprint density at radius 2 is 1.67 bits per heavy atom. The van der Waals surface area contributed by atoms with Crippen LogP contribution in [0.3, 0.4) is 0 Å². The third-order valence-corrected chi connectivity index (χ3v) is 7.15. The number of nitrogens with zero attached hydrogens (tertiary/aromatic N) is 3. The van der Waals surface area contributed by atoms with Gasteiger partial charge in [-0.05, 0) is 55.7 Å². The Kier molecular flexibility index (Phi) is 5.77. The van der Waals surface area contributed by atoms with Gasteiger partial charge < -0.3 is 4.90 Å². The number of thioether (sulfide) groups is 1. The molecule has 0 fully saturated rings. The number of para-hydroxylation sites is 1. The average molecular weight is 456 g/mol. The maximum absolute atomic E-state index is 13.4. The van der Waals surface area contributed by atoms with Crippen molar-refractivity contribution in [2.75, 3.05) is 6.54 Å². The lowest BCUT2D eigenvalue weighted by Crippen LogP contribution is -2.40. The number of benzene rings is 3. The summed E-state index contributed by atoms with van der Waals surface area (Å²) in [5.74, 6) is 0.0624. The number of carbonyl (C=O) groups is 1. The van der Waals surface area contributed by atoms with E-state index in [4.69, 9.17) is 4.98 Å². The fourth-order valence-electron chi connectivity index (χ4n) is 4.26. The van der Waals surface area contributed by atoms with Crippen LogP contribution < -0.4 is 5.56 Å². The largest absolute Gasteiger partial charge is 0.337 e. The first-order valence-corrected chi connectivity index (χ1v) is 12.0. The summed E-state index contributed by atoms with van der Waals surface area (Å²) in [6.45, 7) is 5.24. The molecule has 0 bridgehead atoms. The molecule has 0 N–H and O–H groups in total. The molecule has 2 heterocycles. The third-order valence-electron chi connectivity index (χ3n) is 6.11. The fraction of sp³-hybridized carbons (Fsp3) is 0.222. The minimum absolute atomic E-state index is 0.0624. The molecule has 3 aromatic carbocycles. The molecule has 1 aliphatic heterocycles. The zero-order valence-electron chi connectivity index (χ0n) is 18.7. The van der Waals surface area contributed by atoms with Gasteiger partial charge in [0.05, 0.1) is 21.8 Å². The average Bonchev–Trinajstić information content (AvgIpc) is 2.84. The number of aromatic nitrogens is 2. The van der Waals surface area contributed by atoms with Crippen molar-refractivity contribution in [2.45, 2.75) is 37.2 Å². The molecular formula is C27H25N3O2S. The number of amides is 1. The fourth-order valence-corrected chi connectivity index (χ4v) is 5.27. The highest BCUT2D eigenvalue weighted by atomic mass is 32.2. The van der Waals surface area contributed by atoms with E-state index in [1.165, 1.54) is 22.9 Å². The van der Waals surface area contributed by atoms with Gasteiger partial charge in [0, 0.05) is 13.1 Å². The highest BCUT2D eigenvalue weighted by Gasteiger charge is 2.27. The zero-order chi connectivity index (χ0) is 22.9. The van der Waals surface area contributed by atoms with Gasteiger partial charge in [-0.15, -0.1) is 0 Å². The lowest BCUT2D eigenvalue weighted by atomic mass is 10.00. The van der Waals surface area contributed by atoms with E-state index in [0.29, 0.717) is 29.1 Å². The molecule has 6 heteroatoms. The summed E-state index contributed by atoms with van der Waals surface area (Å²) in [6, 6.07) is 23.4. The second-order valence-corrected chi connectivity index (χ2v) is 9.73. The highest BCUT2D eigenvalue weighted by molar-refractivity contribution is 8.00. The summed E-state index contributed by atoms with van der Waals surface area (Å²) < 4.78 is 1.63. The minimum Gasteiger partial charge on any atom is -0.337 e. The molecular weight excluding hydrogens is 430 g/mol.